The summed E-state index contributed by atoms with van der Waals surface area (Å²) in [5.74, 6) is 0.348. The molecule has 0 aliphatic carbocycles. The molecule has 4 nitrogen and oxygen atoms in total. The van der Waals surface area contributed by atoms with Gasteiger partial charge in [0.15, 0.2) is 11.5 Å². The van der Waals surface area contributed by atoms with Gasteiger partial charge in [0.05, 0.1) is 0 Å². The van der Waals surface area contributed by atoms with Crippen molar-refractivity contribution in [2.75, 3.05) is 0 Å². The van der Waals surface area contributed by atoms with Gasteiger partial charge in [0.25, 0.3) is 5.91 Å². The van der Waals surface area contributed by atoms with Crippen molar-refractivity contribution >= 4 is 5.91 Å². The van der Waals surface area contributed by atoms with E-state index in [0.29, 0.717) is 12.3 Å². The second kappa shape index (κ2) is 7.16. The number of rotatable bonds is 4. The smallest absolute Gasteiger partial charge is 0.273 e. The van der Waals surface area contributed by atoms with Gasteiger partial charge >= 0.3 is 0 Å². The Balaban J connectivity index is 1.69. The van der Waals surface area contributed by atoms with E-state index < -0.39 is 0 Å². The molecule has 134 valence electrons. The maximum Gasteiger partial charge on any atom is 0.273 e. The molecule has 2 aromatic carbocycles. The number of carbonyl (C=O) groups is 1. The van der Waals surface area contributed by atoms with E-state index >= 15 is 0 Å². The van der Waals surface area contributed by atoms with Gasteiger partial charge in [0.2, 0.25) is 0 Å². The van der Waals surface area contributed by atoms with Gasteiger partial charge < -0.3 is 9.84 Å². The fourth-order valence-electron chi connectivity index (χ4n) is 2.73. The first-order valence-electron chi connectivity index (χ1n) is 8.75. The van der Waals surface area contributed by atoms with Gasteiger partial charge in [0.1, 0.15) is 0 Å². The molecule has 1 N–H and O–H groups in total. The lowest BCUT2D eigenvalue weighted by Gasteiger charge is -2.18. The van der Waals surface area contributed by atoms with E-state index in [1.54, 1.807) is 6.07 Å². The molecule has 26 heavy (non-hydrogen) atoms. The summed E-state index contributed by atoms with van der Waals surface area (Å²) in [6, 6.07) is 17.8. The standard InChI is InChI=1S/C22H24N2O2/c1-15-7-5-6-8-17(15)14-23-21(25)19-13-20(26-24-19)16-9-11-18(12-10-16)22(2,3)4/h5-13H,14H2,1-4H3,(H,23,25). The largest absolute Gasteiger partial charge is 0.355 e. The number of aryl methyl sites for hydroxylation is 1. The minimum atomic E-state index is -0.241. The van der Waals surface area contributed by atoms with Gasteiger partial charge in [-0.15, -0.1) is 0 Å². The summed E-state index contributed by atoms with van der Waals surface area (Å²) in [6.07, 6.45) is 0. The molecule has 1 amide bonds. The third-order valence-electron chi connectivity index (χ3n) is 4.48. The summed E-state index contributed by atoms with van der Waals surface area (Å²) in [5.41, 5.74) is 4.77. The predicted molar refractivity (Wildman–Crippen MR) is 103 cm³/mol. The van der Waals surface area contributed by atoms with E-state index in [1.807, 2.05) is 43.3 Å². The van der Waals surface area contributed by atoms with Crippen LogP contribution in [0, 0.1) is 6.92 Å². The third kappa shape index (κ3) is 4.02. The Bertz CT molecular complexity index is 902. The van der Waals surface area contributed by atoms with E-state index in [0.717, 1.165) is 16.7 Å². The fourth-order valence-corrected chi connectivity index (χ4v) is 2.73. The molecule has 0 saturated carbocycles. The molecule has 1 heterocycles. The maximum absolute atomic E-state index is 12.3. The van der Waals surface area contributed by atoms with Crippen LogP contribution in [-0.2, 0) is 12.0 Å². The average molecular weight is 348 g/mol. The number of hydrogen-bond acceptors (Lipinski definition) is 3. The molecule has 3 aromatic rings. The van der Waals surface area contributed by atoms with Crippen molar-refractivity contribution in [2.45, 2.75) is 39.7 Å². The van der Waals surface area contributed by atoms with Crippen LogP contribution < -0.4 is 5.32 Å². The monoisotopic (exact) mass is 348 g/mol. The highest BCUT2D eigenvalue weighted by Gasteiger charge is 2.16. The summed E-state index contributed by atoms with van der Waals surface area (Å²) in [5, 5.41) is 6.80. The zero-order chi connectivity index (χ0) is 18.7. The van der Waals surface area contributed by atoms with Crippen molar-refractivity contribution in [3.63, 3.8) is 0 Å². The number of benzene rings is 2. The fraction of sp³-hybridized carbons (Fsp3) is 0.273. The minimum Gasteiger partial charge on any atom is -0.355 e. The van der Waals surface area contributed by atoms with Crippen molar-refractivity contribution in [2.24, 2.45) is 0 Å². The summed E-state index contributed by atoms with van der Waals surface area (Å²) < 4.78 is 5.36. The molecular weight excluding hydrogens is 324 g/mol. The number of nitrogens with one attached hydrogen (secondary N) is 1. The molecule has 0 aliphatic heterocycles. The Hall–Kier alpha value is -2.88. The molecule has 0 unspecified atom stereocenters. The second-order valence-corrected chi connectivity index (χ2v) is 7.51. The first-order valence-corrected chi connectivity index (χ1v) is 8.75. The van der Waals surface area contributed by atoms with Crippen LogP contribution in [0.5, 0.6) is 0 Å². The van der Waals surface area contributed by atoms with Crippen molar-refractivity contribution < 1.29 is 9.32 Å². The molecule has 0 bridgehead atoms. The zero-order valence-electron chi connectivity index (χ0n) is 15.7. The van der Waals surface area contributed by atoms with Gasteiger partial charge in [0, 0.05) is 18.2 Å². The van der Waals surface area contributed by atoms with Crippen LogP contribution in [0.25, 0.3) is 11.3 Å². The maximum atomic E-state index is 12.3. The lowest BCUT2D eigenvalue weighted by atomic mass is 9.86. The Morgan fingerprint density at radius 2 is 1.77 bits per heavy atom. The molecular formula is C22H24N2O2. The quantitative estimate of drug-likeness (QED) is 0.731. The van der Waals surface area contributed by atoms with E-state index in [-0.39, 0.29) is 17.0 Å². The Labute approximate surface area is 154 Å². The number of hydrogen-bond donors (Lipinski definition) is 1. The van der Waals surface area contributed by atoms with Crippen molar-refractivity contribution in [1.29, 1.82) is 0 Å². The van der Waals surface area contributed by atoms with Gasteiger partial charge in [-0.1, -0.05) is 74.5 Å². The highest BCUT2D eigenvalue weighted by Crippen LogP contribution is 2.26. The van der Waals surface area contributed by atoms with E-state index in [2.05, 4.69) is 43.4 Å². The van der Waals surface area contributed by atoms with Crippen molar-refractivity contribution in [3.8, 4) is 11.3 Å². The van der Waals surface area contributed by atoms with E-state index in [4.69, 9.17) is 4.52 Å². The number of nitrogens with zero attached hydrogens (tertiary/aromatic N) is 1. The summed E-state index contributed by atoms with van der Waals surface area (Å²) >= 11 is 0. The molecule has 3 rings (SSSR count). The molecule has 4 heteroatoms. The average Bonchev–Trinajstić information content (AvgIpc) is 3.10. The van der Waals surface area contributed by atoms with Crippen LogP contribution in [0.15, 0.2) is 59.1 Å². The van der Waals surface area contributed by atoms with Gasteiger partial charge in [-0.3, -0.25) is 4.79 Å². The van der Waals surface area contributed by atoms with Crippen LogP contribution in [0.4, 0.5) is 0 Å². The van der Waals surface area contributed by atoms with Gasteiger partial charge in [-0.25, -0.2) is 0 Å². The van der Waals surface area contributed by atoms with Crippen LogP contribution >= 0.6 is 0 Å². The Kier molecular flexibility index (Phi) is 4.94. The highest BCUT2D eigenvalue weighted by molar-refractivity contribution is 5.93. The number of aromatic nitrogens is 1. The van der Waals surface area contributed by atoms with Crippen LogP contribution in [-0.4, -0.2) is 11.1 Å². The molecule has 0 spiro atoms. The molecule has 1 aromatic heterocycles. The van der Waals surface area contributed by atoms with Crippen LogP contribution in [0.2, 0.25) is 0 Å². The molecule has 0 saturated heterocycles. The van der Waals surface area contributed by atoms with Crippen LogP contribution in [0.3, 0.4) is 0 Å². The van der Waals surface area contributed by atoms with E-state index in [1.165, 1.54) is 5.56 Å². The van der Waals surface area contributed by atoms with Crippen LogP contribution in [0.1, 0.15) is 48.0 Å². The van der Waals surface area contributed by atoms with Gasteiger partial charge in [-0.05, 0) is 29.0 Å². The number of carbonyl (C=O) groups excluding carboxylic acids is 1. The Morgan fingerprint density at radius 1 is 1.08 bits per heavy atom. The number of amides is 1. The zero-order valence-corrected chi connectivity index (χ0v) is 15.7. The van der Waals surface area contributed by atoms with Crippen molar-refractivity contribution in [3.05, 3.63) is 77.0 Å². The summed E-state index contributed by atoms with van der Waals surface area (Å²) in [7, 11) is 0. The molecule has 0 radical (unpaired) electrons. The van der Waals surface area contributed by atoms with Gasteiger partial charge in [-0.2, -0.15) is 0 Å². The topological polar surface area (TPSA) is 55.1 Å². The first kappa shape index (κ1) is 17.9. The third-order valence-corrected chi connectivity index (χ3v) is 4.48. The molecule has 0 fully saturated rings. The molecule has 0 atom stereocenters. The van der Waals surface area contributed by atoms with E-state index in [9.17, 15) is 4.79 Å². The Morgan fingerprint density at radius 3 is 2.42 bits per heavy atom. The lowest BCUT2D eigenvalue weighted by Crippen LogP contribution is -2.23. The molecule has 0 aliphatic rings. The predicted octanol–water partition coefficient (Wildman–Crippen LogP) is 4.88. The van der Waals surface area contributed by atoms with Crippen molar-refractivity contribution in [1.82, 2.24) is 10.5 Å². The minimum absolute atomic E-state index is 0.0978. The highest BCUT2D eigenvalue weighted by atomic mass is 16.5. The second-order valence-electron chi connectivity index (χ2n) is 7.51. The lowest BCUT2D eigenvalue weighted by molar-refractivity contribution is 0.0942. The summed E-state index contributed by atoms with van der Waals surface area (Å²) in [4.78, 5) is 12.3. The SMILES string of the molecule is Cc1ccccc1CNC(=O)c1cc(-c2ccc(C(C)(C)C)cc2)on1. The normalized spacial score (nSPS) is 11.4. The summed E-state index contributed by atoms with van der Waals surface area (Å²) in [6.45, 7) is 9.01. The first-order chi connectivity index (χ1) is 12.3.